The van der Waals surface area contributed by atoms with Gasteiger partial charge < -0.3 is 59.1 Å². The summed E-state index contributed by atoms with van der Waals surface area (Å²) in [7, 11) is 0. The van der Waals surface area contributed by atoms with Crippen molar-refractivity contribution in [1.29, 1.82) is 0 Å². The van der Waals surface area contributed by atoms with Crippen LogP contribution >= 0.6 is 0 Å². The van der Waals surface area contributed by atoms with E-state index in [9.17, 15) is 52.6 Å². The smallest absolute Gasteiger partial charge is 0.251 e. The second-order valence-electron chi connectivity index (χ2n) is 19.6. The zero-order valence-corrected chi connectivity index (χ0v) is 44.9. The van der Waals surface area contributed by atoms with Gasteiger partial charge in [-0.25, -0.2) is 4.39 Å². The Kier molecular flexibility index (Phi) is 29.0. The topological polar surface area (TPSA) is 322 Å². The van der Waals surface area contributed by atoms with E-state index in [-0.39, 0.29) is 68.7 Å². The molecule has 3 aromatic rings. The van der Waals surface area contributed by atoms with Crippen molar-refractivity contribution in [3.8, 4) is 5.75 Å². The molecule has 0 saturated carbocycles. The van der Waals surface area contributed by atoms with Crippen LogP contribution < -0.4 is 54.0 Å². The van der Waals surface area contributed by atoms with E-state index >= 15 is 0 Å². The van der Waals surface area contributed by atoms with Gasteiger partial charge in [-0.2, -0.15) is 0 Å². The molecule has 0 fully saturated rings. The molecule has 0 bridgehead atoms. The maximum Gasteiger partial charge on any atom is 0.251 e. The Morgan fingerprint density at radius 2 is 0.987 bits per heavy atom. The summed E-state index contributed by atoms with van der Waals surface area (Å²) in [6, 6.07) is 11.6. The van der Waals surface area contributed by atoms with Crippen LogP contribution in [0.1, 0.15) is 133 Å². The largest absolute Gasteiger partial charge is 0.508 e. The molecule has 7 atom stereocenters. The Bertz CT molecular complexity index is 2340. The monoisotopic (exact) mass is 1070 g/mol. The number of phenolic OH excluding ortho intramolecular Hbond substituents is 1. The van der Waals surface area contributed by atoms with Crippen LogP contribution in [0.25, 0.3) is 0 Å². The quantitative estimate of drug-likeness (QED) is 0.0295. The number of primary amides is 1. The number of aromatic hydroxyl groups is 1. The molecule has 422 valence electrons. The number of nitrogens with two attached hydrogens (primary N) is 2. The highest BCUT2D eigenvalue weighted by atomic mass is 18.2. The summed E-state index contributed by atoms with van der Waals surface area (Å²) in [5, 5.41) is 31.9. The van der Waals surface area contributed by atoms with Crippen LogP contribution in [-0.4, -0.2) is 114 Å². The van der Waals surface area contributed by atoms with Gasteiger partial charge in [0, 0.05) is 24.9 Å². The van der Waals surface area contributed by atoms with Crippen molar-refractivity contribution in [2.45, 2.75) is 166 Å². The fourth-order valence-electron chi connectivity index (χ4n) is 8.36. The van der Waals surface area contributed by atoms with E-state index in [1.54, 1.807) is 42.5 Å². The Morgan fingerprint density at radius 1 is 0.545 bits per heavy atom. The molecule has 20 nitrogen and oxygen atoms in total. The molecule has 3 rings (SSSR count). The number of amides is 9. The highest BCUT2D eigenvalue weighted by Gasteiger charge is 2.34. The van der Waals surface area contributed by atoms with Gasteiger partial charge in [0.15, 0.2) is 0 Å². The molecule has 0 aliphatic heterocycles. The standard InChI is InChI=1S/C56H81FN10O10/c1-5-7-18-43(61-35-68)51(72)65-46(32-36(3)4)54(75)67-47(33-37-16-10-9-11-17-37)55(76)63-44(19-8-6-2)53(74)66-48(34-38-22-28-41(69)29-23-38)56(77)64-45(52(73)62-42(49(59)70)20-12-14-30-58)21-13-15-31-60-50(71)39-24-26-40(57)27-25-39/h9-11,16-17,22-29,35-36,42-48,69H,5-8,12-15,18-21,30-34,58H2,1-4H3,(H2,59,70)(H,60,71)(H,61,68)(H,62,73)(H,63,76)(H,64,77)(H,65,72)(H,66,74)(H,67,75)/t42-,43+,44+,45-,46+,47+,48+/m1/s1/i57-1. The predicted octanol–water partition coefficient (Wildman–Crippen LogP) is 2.98. The fraction of sp³-hybridized carbons (Fsp3) is 0.518. The van der Waals surface area contributed by atoms with Crippen molar-refractivity contribution < 1.29 is 52.6 Å². The molecule has 21 heteroatoms. The minimum absolute atomic E-state index is 0.00567. The van der Waals surface area contributed by atoms with Gasteiger partial charge in [0.05, 0.1) is 0 Å². The summed E-state index contributed by atoms with van der Waals surface area (Å²) >= 11 is 0. The number of hydrogen-bond acceptors (Lipinski definition) is 11. The molecule has 0 aliphatic carbocycles. The Morgan fingerprint density at radius 3 is 1.51 bits per heavy atom. The third-order valence-electron chi connectivity index (χ3n) is 12.7. The first kappa shape index (κ1) is 63.9. The number of halogens is 1. The predicted molar refractivity (Wildman–Crippen MR) is 290 cm³/mol. The number of rotatable bonds is 37. The third-order valence-corrected chi connectivity index (χ3v) is 12.7. The molecule has 0 aliphatic rings. The van der Waals surface area contributed by atoms with Crippen molar-refractivity contribution in [2.75, 3.05) is 13.1 Å². The lowest BCUT2D eigenvalue weighted by molar-refractivity contribution is -0.135. The van der Waals surface area contributed by atoms with Gasteiger partial charge >= 0.3 is 0 Å². The first-order valence-electron chi connectivity index (χ1n) is 26.8. The number of carbonyl (C=O) groups is 9. The van der Waals surface area contributed by atoms with E-state index < -0.39 is 95.4 Å². The Balaban J connectivity index is 1.95. The molecule has 0 aromatic heterocycles. The van der Waals surface area contributed by atoms with Gasteiger partial charge in [0.2, 0.25) is 47.8 Å². The zero-order chi connectivity index (χ0) is 56.7. The van der Waals surface area contributed by atoms with E-state index in [1.807, 2.05) is 27.7 Å². The van der Waals surface area contributed by atoms with Crippen molar-refractivity contribution in [2.24, 2.45) is 17.4 Å². The lowest BCUT2D eigenvalue weighted by Gasteiger charge is -2.28. The first-order chi connectivity index (χ1) is 36.9. The summed E-state index contributed by atoms with van der Waals surface area (Å²) in [6.07, 6.45) is 5.28. The number of unbranched alkanes of at least 4 members (excludes halogenated alkanes) is 4. The van der Waals surface area contributed by atoms with Crippen LogP contribution in [0.3, 0.4) is 0 Å². The lowest BCUT2D eigenvalue weighted by Crippen LogP contribution is -2.60. The minimum atomic E-state index is -1.38. The number of benzene rings is 3. The molecular formula is C56H81FN10O10. The molecular weight excluding hydrogens is 991 g/mol. The summed E-state index contributed by atoms with van der Waals surface area (Å²) < 4.78 is 13.4. The fourth-order valence-corrected chi connectivity index (χ4v) is 8.36. The van der Waals surface area contributed by atoms with E-state index in [2.05, 4.69) is 42.5 Å². The van der Waals surface area contributed by atoms with Crippen LogP contribution in [0.4, 0.5) is 4.39 Å². The maximum atomic E-state index is 14.6. The number of hydrogen-bond donors (Lipinski definition) is 11. The summed E-state index contributed by atoms with van der Waals surface area (Å²) in [5.41, 5.74) is 12.8. The van der Waals surface area contributed by atoms with Crippen molar-refractivity contribution in [3.63, 3.8) is 0 Å². The van der Waals surface area contributed by atoms with E-state index in [4.69, 9.17) is 11.5 Å². The molecule has 9 amide bonds. The molecule has 0 spiro atoms. The molecule has 0 unspecified atom stereocenters. The minimum Gasteiger partial charge on any atom is -0.508 e. The Labute approximate surface area is 451 Å². The summed E-state index contributed by atoms with van der Waals surface area (Å²) in [5.74, 6) is -6.09. The van der Waals surface area contributed by atoms with Crippen LogP contribution in [0, 0.1) is 11.7 Å². The van der Waals surface area contributed by atoms with Gasteiger partial charge in [-0.1, -0.05) is 95.8 Å². The van der Waals surface area contributed by atoms with E-state index in [1.165, 1.54) is 24.3 Å². The van der Waals surface area contributed by atoms with Crippen molar-refractivity contribution >= 4 is 53.7 Å². The molecule has 3 aromatic carbocycles. The van der Waals surface area contributed by atoms with Gasteiger partial charge in [0.1, 0.15) is 53.9 Å². The van der Waals surface area contributed by atoms with Gasteiger partial charge in [-0.05, 0) is 118 Å². The lowest BCUT2D eigenvalue weighted by atomic mass is 9.99. The van der Waals surface area contributed by atoms with E-state index in [0.29, 0.717) is 69.0 Å². The molecule has 0 radical (unpaired) electrons. The second-order valence-corrected chi connectivity index (χ2v) is 19.6. The average Bonchev–Trinajstić information content (AvgIpc) is 3.40. The maximum absolute atomic E-state index is 14.6. The zero-order valence-electron chi connectivity index (χ0n) is 44.9. The van der Waals surface area contributed by atoms with Crippen LogP contribution in [0.5, 0.6) is 5.75 Å². The number of carbonyl (C=O) groups excluding carboxylic acids is 9. The second kappa shape index (κ2) is 35.0. The van der Waals surface area contributed by atoms with Gasteiger partial charge in [0.25, 0.3) is 5.91 Å². The summed E-state index contributed by atoms with van der Waals surface area (Å²) in [4.78, 5) is 122. The van der Waals surface area contributed by atoms with Crippen molar-refractivity contribution in [3.05, 3.63) is 101 Å². The van der Waals surface area contributed by atoms with E-state index in [0.717, 1.165) is 18.6 Å². The number of phenols is 1. The third kappa shape index (κ3) is 24.0. The van der Waals surface area contributed by atoms with Crippen LogP contribution in [0.2, 0.25) is 0 Å². The molecule has 13 N–H and O–H groups in total. The molecule has 77 heavy (non-hydrogen) atoms. The van der Waals surface area contributed by atoms with Crippen molar-refractivity contribution in [1.82, 2.24) is 42.5 Å². The molecule has 0 saturated heterocycles. The van der Waals surface area contributed by atoms with Gasteiger partial charge in [-0.3, -0.25) is 43.2 Å². The van der Waals surface area contributed by atoms with Gasteiger partial charge in [-0.15, -0.1) is 0 Å². The van der Waals surface area contributed by atoms with Crippen LogP contribution in [0.15, 0.2) is 78.9 Å². The number of nitrogens with one attached hydrogen (secondary N) is 8. The van der Waals surface area contributed by atoms with Crippen LogP contribution in [-0.2, 0) is 51.2 Å². The Hall–Kier alpha value is -7.42. The normalized spacial score (nSPS) is 13.8. The highest BCUT2D eigenvalue weighted by molar-refractivity contribution is 5.98. The SMILES string of the molecule is CCCC[C@H](NC=O)C(=O)N[C@@H](CC(C)C)C(=O)N[C@@H](Cc1ccccc1)C(=O)N[C@@H](CCCC)C(=O)N[C@@H](Cc1ccc(O)cc1)C(=O)N[C@H](CCCCNC(=O)c1ccc([18F])cc1)C(=O)N[C@H](CCCCN)C(N)=O. The average molecular weight is 1070 g/mol. The summed E-state index contributed by atoms with van der Waals surface area (Å²) in [6.45, 7) is 8.08. The highest BCUT2D eigenvalue weighted by Crippen LogP contribution is 2.15. The molecule has 0 heterocycles. The first-order valence-corrected chi connectivity index (χ1v) is 26.8.